The van der Waals surface area contributed by atoms with E-state index in [2.05, 4.69) is 276 Å². The summed E-state index contributed by atoms with van der Waals surface area (Å²) < 4.78 is 9.13. The van der Waals surface area contributed by atoms with E-state index in [0.717, 1.165) is 55.7 Å². The number of pyridine rings is 1. The molecule has 3 heterocycles. The van der Waals surface area contributed by atoms with Crippen LogP contribution in [0.2, 0.25) is 0 Å². The summed E-state index contributed by atoms with van der Waals surface area (Å²) in [5.41, 5.74) is 14.0. The zero-order valence-corrected chi connectivity index (χ0v) is 44.1. The van der Waals surface area contributed by atoms with Gasteiger partial charge >= 0.3 is 0 Å². The summed E-state index contributed by atoms with van der Waals surface area (Å²) in [6, 6.07) is 76.5. The Kier molecular flexibility index (Phi) is 12.9. The van der Waals surface area contributed by atoms with E-state index >= 15 is 0 Å². The third-order valence-corrected chi connectivity index (χ3v) is 14.3. The number of nitrogens with zero attached hydrogens (tertiary/aromatic N) is 4. The Bertz CT molecular complexity index is 3580. The van der Waals surface area contributed by atoms with Gasteiger partial charge in [0.05, 0.1) is 0 Å². The fourth-order valence-corrected chi connectivity index (χ4v) is 9.87. The molecule has 0 atom stereocenters. The van der Waals surface area contributed by atoms with E-state index in [1.807, 2.05) is 18.3 Å². The van der Waals surface area contributed by atoms with Crippen LogP contribution in [0.4, 0.5) is 11.4 Å². The maximum atomic E-state index is 6.90. The topological polar surface area (TPSA) is 33.5 Å². The van der Waals surface area contributed by atoms with Crippen LogP contribution in [0, 0.1) is 18.8 Å². The van der Waals surface area contributed by atoms with Gasteiger partial charge in [0.25, 0.3) is 0 Å². The molecule has 72 heavy (non-hydrogen) atoms. The number of hydrogen-bond donors (Lipinski definition) is 0. The molecule has 0 bridgehead atoms. The first-order chi connectivity index (χ1) is 34.3. The van der Waals surface area contributed by atoms with Gasteiger partial charge in [0, 0.05) is 60.8 Å². The summed E-state index contributed by atoms with van der Waals surface area (Å²) in [6.45, 7) is 18.0. The van der Waals surface area contributed by atoms with Crippen LogP contribution in [0.25, 0.3) is 49.9 Å². The van der Waals surface area contributed by atoms with Crippen molar-refractivity contribution in [1.29, 1.82) is 0 Å². The Hall–Kier alpha value is -7.46. The molecule has 0 saturated carbocycles. The van der Waals surface area contributed by atoms with Gasteiger partial charge in [0.1, 0.15) is 5.82 Å². The molecule has 8 aromatic carbocycles. The zero-order chi connectivity index (χ0) is 48.9. The van der Waals surface area contributed by atoms with Crippen molar-refractivity contribution < 1.29 is 25.8 Å². The van der Waals surface area contributed by atoms with Crippen LogP contribution in [-0.2, 0) is 37.3 Å². The molecule has 5 nitrogen and oxygen atoms in total. The molecule has 0 radical (unpaired) electrons. The van der Waals surface area contributed by atoms with Crippen molar-refractivity contribution in [1.82, 2.24) is 9.55 Å². The van der Waals surface area contributed by atoms with E-state index in [1.165, 1.54) is 33.4 Å². The van der Waals surface area contributed by atoms with E-state index in [0.29, 0.717) is 11.5 Å². The molecule has 10 aromatic rings. The summed E-state index contributed by atoms with van der Waals surface area (Å²) in [5.74, 6) is 2.00. The second-order valence-electron chi connectivity index (χ2n) is 20.7. The maximum absolute atomic E-state index is 6.90. The van der Waals surface area contributed by atoms with Gasteiger partial charge in [-0.2, -0.15) is 6.07 Å². The first-order valence-electron chi connectivity index (χ1n) is 24.5. The minimum absolute atomic E-state index is 0. The third kappa shape index (κ3) is 9.30. The molecule has 0 amide bonds. The molecular formula is C66H57N4OPt-3. The Morgan fingerprint density at radius 1 is 0.458 bits per heavy atom. The zero-order valence-electron chi connectivity index (χ0n) is 41.8. The molecule has 0 aliphatic carbocycles. The Morgan fingerprint density at radius 3 is 1.69 bits per heavy atom. The number of hydrogen-bond acceptors (Lipinski definition) is 4. The smallest absolute Gasteiger partial charge is 0.135 e. The van der Waals surface area contributed by atoms with Gasteiger partial charge in [-0.25, -0.2) is 4.98 Å². The van der Waals surface area contributed by atoms with E-state index in [9.17, 15) is 0 Å². The van der Waals surface area contributed by atoms with E-state index in [1.54, 1.807) is 0 Å². The molecule has 0 unspecified atom stereocenters. The summed E-state index contributed by atoms with van der Waals surface area (Å²) in [4.78, 5) is 9.29. The monoisotopic (exact) mass is 1120 g/mol. The Balaban J connectivity index is 0.00000596. The van der Waals surface area contributed by atoms with Crippen LogP contribution < -0.4 is 14.5 Å². The van der Waals surface area contributed by atoms with Crippen LogP contribution in [-0.4, -0.2) is 9.55 Å². The van der Waals surface area contributed by atoms with Crippen molar-refractivity contribution in [3.63, 3.8) is 0 Å². The number of fused-ring (bicyclic) bond motifs is 3. The average molecular weight is 1120 g/mol. The van der Waals surface area contributed by atoms with Crippen molar-refractivity contribution >= 4 is 33.2 Å². The van der Waals surface area contributed by atoms with Crippen molar-refractivity contribution in [2.24, 2.45) is 0 Å². The van der Waals surface area contributed by atoms with Crippen molar-refractivity contribution in [3.05, 3.63) is 259 Å². The molecule has 1 aliphatic rings. The molecule has 0 fully saturated rings. The number of benzene rings is 8. The Labute approximate surface area is 439 Å². The minimum Gasteiger partial charge on any atom is -0.509 e. The first-order valence-corrected chi connectivity index (χ1v) is 24.5. The SMILES string of the molecule is CC(C)(C)c1ccnc(-n2c3[c-]c(Oc4[c-]c(N5C=CN(c6cc(-c7ccccc7)cc(C(C)(C)c7ccccc7)c6)[CH-]5)cc(-c5ccccc5)c4)ccc3c3cc(C(C)(C)c4ccccc4)ccc32)c1.[Pt]. The molecule has 0 spiro atoms. The summed E-state index contributed by atoms with van der Waals surface area (Å²) >= 11 is 0. The number of anilines is 2. The summed E-state index contributed by atoms with van der Waals surface area (Å²) in [7, 11) is 0. The molecule has 2 aromatic heterocycles. The fraction of sp³-hybridized carbons (Fsp3) is 0.152. The van der Waals surface area contributed by atoms with Crippen molar-refractivity contribution in [2.75, 3.05) is 9.80 Å². The second kappa shape index (κ2) is 19.3. The molecule has 0 N–H and O–H groups in total. The van der Waals surface area contributed by atoms with E-state index in [4.69, 9.17) is 9.72 Å². The van der Waals surface area contributed by atoms with Crippen LogP contribution in [0.15, 0.2) is 213 Å². The Morgan fingerprint density at radius 2 is 1.06 bits per heavy atom. The predicted molar refractivity (Wildman–Crippen MR) is 294 cm³/mol. The van der Waals surface area contributed by atoms with Crippen LogP contribution in [0.1, 0.15) is 76.3 Å². The molecule has 360 valence electrons. The first kappa shape index (κ1) is 48.2. The maximum Gasteiger partial charge on any atom is 0.135 e. The van der Waals surface area contributed by atoms with Gasteiger partial charge in [-0.1, -0.05) is 194 Å². The van der Waals surface area contributed by atoms with Gasteiger partial charge in [0.2, 0.25) is 0 Å². The van der Waals surface area contributed by atoms with Crippen LogP contribution >= 0.6 is 0 Å². The molecule has 11 rings (SSSR count). The average Bonchev–Trinajstić information content (AvgIpc) is 4.03. The second-order valence-corrected chi connectivity index (χ2v) is 20.7. The van der Waals surface area contributed by atoms with Gasteiger partial charge < -0.3 is 19.1 Å². The van der Waals surface area contributed by atoms with Crippen LogP contribution in [0.3, 0.4) is 0 Å². The number of ether oxygens (including phenoxy) is 1. The number of rotatable bonds is 11. The predicted octanol–water partition coefficient (Wildman–Crippen LogP) is 16.8. The molecule has 1 aliphatic heterocycles. The van der Waals surface area contributed by atoms with Gasteiger partial charge in [-0.15, -0.1) is 53.6 Å². The van der Waals surface area contributed by atoms with E-state index in [-0.39, 0.29) is 37.3 Å². The van der Waals surface area contributed by atoms with Gasteiger partial charge in [0.15, 0.2) is 0 Å². The fourth-order valence-electron chi connectivity index (χ4n) is 9.87. The van der Waals surface area contributed by atoms with Crippen molar-refractivity contribution in [3.8, 4) is 39.6 Å². The molecular weight excluding hydrogens is 1060 g/mol. The standard InChI is InChI=1S/C66H57N4O.Pt/c1-64(2,3)52-32-33-67-63(42-52)70-61-31-28-53(65(4,5)50-24-16-10-17-25-50)41-60(61)59-30-29-57(44-62(59)70)71-58-39-49(47-22-14-9-15-23-47)38-56(43-58)69-35-34-68(45-69)55-37-48(46-20-12-8-13-21-46)36-54(40-55)66(6,7)51-26-18-11-19-27-51;/h8-42,45H,1-7H3;/q-3;. The normalized spacial score (nSPS) is 12.9. The summed E-state index contributed by atoms with van der Waals surface area (Å²) in [6.07, 6.45) is 6.12. The minimum atomic E-state index is -0.239. The largest absolute Gasteiger partial charge is 0.509 e. The van der Waals surface area contributed by atoms with Gasteiger partial charge in [-0.3, -0.25) is 0 Å². The number of aromatic nitrogens is 2. The van der Waals surface area contributed by atoms with Crippen molar-refractivity contribution in [2.45, 2.75) is 64.7 Å². The quantitative estimate of drug-likeness (QED) is 0.121. The van der Waals surface area contributed by atoms with Gasteiger partial charge in [-0.05, 0) is 98.0 Å². The third-order valence-electron chi connectivity index (χ3n) is 14.3. The van der Waals surface area contributed by atoms with E-state index < -0.39 is 0 Å². The summed E-state index contributed by atoms with van der Waals surface area (Å²) in [5, 5.41) is 2.21. The molecule has 6 heteroatoms. The van der Waals surface area contributed by atoms with Crippen LogP contribution in [0.5, 0.6) is 11.5 Å². The molecule has 0 saturated heterocycles.